The first kappa shape index (κ1) is 21.7. The maximum atomic E-state index is 13.0. The second-order valence-electron chi connectivity index (χ2n) is 7.30. The maximum Gasteiger partial charge on any atom is 0.235 e. The van der Waals surface area contributed by atoms with Gasteiger partial charge in [0.25, 0.3) is 0 Å². The topological polar surface area (TPSA) is 72.8 Å². The number of aromatic amines is 1. The summed E-state index contributed by atoms with van der Waals surface area (Å²) in [5.74, 6) is 1.41. The van der Waals surface area contributed by atoms with Crippen molar-refractivity contribution in [3.8, 4) is 11.5 Å². The molecule has 0 saturated heterocycles. The molecule has 2 atom stereocenters. The largest absolute Gasteiger partial charge is 0.493 e. The van der Waals surface area contributed by atoms with Crippen LogP contribution in [0.2, 0.25) is 0 Å². The predicted octanol–water partition coefficient (Wildman–Crippen LogP) is 2.18. The molecule has 28 heavy (non-hydrogen) atoms. The molecule has 152 valence electrons. The summed E-state index contributed by atoms with van der Waals surface area (Å²) in [4.78, 5) is 29.0. The van der Waals surface area contributed by atoms with Gasteiger partial charge in [0.2, 0.25) is 5.78 Å². The Balaban J connectivity index is 2.09. The van der Waals surface area contributed by atoms with Crippen LogP contribution in [0.25, 0.3) is 0 Å². The van der Waals surface area contributed by atoms with Crippen LogP contribution in [-0.2, 0) is 6.42 Å². The molecule has 0 aliphatic rings. The number of Topliss-reactive ketones (excluding diaryl/α,β-unsaturated/α-hetero) is 2. The summed E-state index contributed by atoms with van der Waals surface area (Å²) >= 11 is 0. The molecular weight excluding hydrogens is 356 g/mol. The number of benzene rings is 1. The molecule has 2 rings (SSSR count). The summed E-state index contributed by atoms with van der Waals surface area (Å²) in [5.41, 5.74) is 3.79. The number of rotatable bonds is 9. The number of ether oxygens (including phenoxy) is 2. The van der Waals surface area contributed by atoms with E-state index in [1.165, 1.54) is 6.92 Å². The van der Waals surface area contributed by atoms with Gasteiger partial charge >= 0.3 is 0 Å². The Kier molecular flexibility index (Phi) is 7.02. The first-order valence-electron chi connectivity index (χ1n) is 9.48. The van der Waals surface area contributed by atoms with Gasteiger partial charge in [0.15, 0.2) is 17.3 Å². The van der Waals surface area contributed by atoms with Gasteiger partial charge in [-0.3, -0.25) is 9.59 Å². The minimum Gasteiger partial charge on any atom is -0.493 e. The number of hydrogen-bond acceptors (Lipinski definition) is 4. The minimum atomic E-state index is -0.225. The average molecular weight is 388 g/mol. The molecule has 0 aliphatic carbocycles. The fraction of sp³-hybridized carbons (Fsp3) is 0.455. The van der Waals surface area contributed by atoms with Gasteiger partial charge < -0.3 is 19.4 Å². The highest BCUT2D eigenvalue weighted by Crippen LogP contribution is 2.27. The molecule has 2 aromatic rings. The number of nitrogens with one attached hydrogen (secondary N) is 2. The summed E-state index contributed by atoms with van der Waals surface area (Å²) in [6.45, 7) is 7.91. The first-order chi connectivity index (χ1) is 13.2. The van der Waals surface area contributed by atoms with Crippen molar-refractivity contribution >= 4 is 11.6 Å². The van der Waals surface area contributed by atoms with Gasteiger partial charge in [-0.05, 0) is 51.0 Å². The third kappa shape index (κ3) is 4.44. The van der Waals surface area contributed by atoms with E-state index in [1.54, 1.807) is 14.2 Å². The van der Waals surface area contributed by atoms with Crippen molar-refractivity contribution in [2.75, 3.05) is 27.8 Å². The summed E-state index contributed by atoms with van der Waals surface area (Å²) in [5, 5.41) is 0. The molecule has 0 bridgehead atoms. The second kappa shape index (κ2) is 9.06. The predicted molar refractivity (Wildman–Crippen MR) is 109 cm³/mol. The summed E-state index contributed by atoms with van der Waals surface area (Å²) in [7, 11) is 5.25. The number of carbonyl (C=O) groups excluding carboxylic acids is 2. The number of aromatic nitrogens is 1. The molecule has 6 nitrogen and oxygen atoms in total. The molecule has 0 amide bonds. The standard InChI is InChI=1S/C22H30N2O4/c1-13-20(16(4)25)14(2)23-21(13)22(26)15(3)24(5)11-10-17-8-9-18(27-6)19(12-17)28-7/h8-9,12,15,23H,10-11H2,1-7H3/p+1/t15-/m1/s1. The van der Waals surface area contributed by atoms with Gasteiger partial charge in [-0.2, -0.15) is 0 Å². The van der Waals surface area contributed by atoms with Crippen LogP contribution in [-0.4, -0.2) is 50.4 Å². The fourth-order valence-electron chi connectivity index (χ4n) is 3.56. The van der Waals surface area contributed by atoms with Gasteiger partial charge in [0.05, 0.1) is 33.5 Å². The zero-order valence-electron chi connectivity index (χ0n) is 17.9. The number of likely N-dealkylation sites (N-methyl/N-ethyl adjacent to an activating group) is 1. The number of ketones is 2. The number of hydrogen-bond donors (Lipinski definition) is 2. The Morgan fingerprint density at radius 3 is 2.32 bits per heavy atom. The Morgan fingerprint density at radius 1 is 1.14 bits per heavy atom. The normalized spacial score (nSPS) is 13.1. The Hall–Kier alpha value is -2.60. The Labute approximate surface area is 166 Å². The highest BCUT2D eigenvalue weighted by Gasteiger charge is 2.28. The van der Waals surface area contributed by atoms with Crippen LogP contribution in [0.15, 0.2) is 18.2 Å². The van der Waals surface area contributed by atoms with Crippen LogP contribution in [0.5, 0.6) is 11.5 Å². The Bertz CT molecular complexity index is 870. The lowest BCUT2D eigenvalue weighted by molar-refractivity contribution is -0.893. The quantitative estimate of drug-likeness (QED) is 0.647. The smallest absolute Gasteiger partial charge is 0.235 e. The van der Waals surface area contributed by atoms with Crippen LogP contribution in [0.4, 0.5) is 0 Å². The SMILES string of the molecule is COc1ccc(CC[NH+](C)[C@H](C)C(=O)c2[nH]c(C)c(C(C)=O)c2C)cc1OC. The highest BCUT2D eigenvalue weighted by molar-refractivity contribution is 6.04. The molecule has 1 unspecified atom stereocenters. The van der Waals surface area contributed by atoms with Crippen LogP contribution < -0.4 is 14.4 Å². The lowest BCUT2D eigenvalue weighted by atomic mass is 10.0. The average Bonchev–Trinajstić information content (AvgIpc) is 2.98. The van der Waals surface area contributed by atoms with Crippen molar-refractivity contribution < 1.29 is 24.0 Å². The van der Waals surface area contributed by atoms with Gasteiger partial charge in [-0.1, -0.05) is 6.07 Å². The van der Waals surface area contributed by atoms with E-state index in [0.29, 0.717) is 22.8 Å². The molecule has 1 aromatic heterocycles. The third-order valence-electron chi connectivity index (χ3n) is 5.42. The van der Waals surface area contributed by atoms with Crippen molar-refractivity contribution in [2.45, 2.75) is 40.2 Å². The van der Waals surface area contributed by atoms with E-state index in [-0.39, 0.29) is 17.6 Å². The summed E-state index contributed by atoms with van der Waals surface area (Å²) in [6, 6.07) is 5.65. The number of aryl methyl sites for hydroxylation is 1. The number of quaternary nitrogens is 1. The van der Waals surface area contributed by atoms with E-state index < -0.39 is 0 Å². The van der Waals surface area contributed by atoms with Crippen molar-refractivity contribution in [3.63, 3.8) is 0 Å². The van der Waals surface area contributed by atoms with Crippen LogP contribution in [0.1, 0.15) is 51.5 Å². The minimum absolute atomic E-state index is 0.0212. The summed E-state index contributed by atoms with van der Waals surface area (Å²) < 4.78 is 10.6. The Morgan fingerprint density at radius 2 is 1.79 bits per heavy atom. The molecule has 0 radical (unpaired) electrons. The molecule has 0 saturated carbocycles. The van der Waals surface area contributed by atoms with E-state index in [4.69, 9.17) is 9.47 Å². The van der Waals surface area contributed by atoms with E-state index in [1.807, 2.05) is 46.0 Å². The van der Waals surface area contributed by atoms with E-state index in [0.717, 1.165) is 34.7 Å². The molecular formula is C22H31N2O4+. The molecule has 0 aliphatic heterocycles. The maximum absolute atomic E-state index is 13.0. The van der Waals surface area contributed by atoms with E-state index >= 15 is 0 Å². The lowest BCUT2D eigenvalue weighted by Gasteiger charge is -2.21. The van der Waals surface area contributed by atoms with Gasteiger partial charge in [-0.25, -0.2) is 0 Å². The fourth-order valence-corrected chi connectivity index (χ4v) is 3.56. The second-order valence-corrected chi connectivity index (χ2v) is 7.30. The van der Waals surface area contributed by atoms with Crippen LogP contribution in [0.3, 0.4) is 0 Å². The molecule has 1 aromatic carbocycles. The number of carbonyl (C=O) groups is 2. The molecule has 1 heterocycles. The van der Waals surface area contributed by atoms with E-state index in [9.17, 15) is 9.59 Å². The molecule has 2 N–H and O–H groups in total. The number of H-pyrrole nitrogens is 1. The molecule has 0 fully saturated rings. The highest BCUT2D eigenvalue weighted by atomic mass is 16.5. The van der Waals surface area contributed by atoms with Crippen LogP contribution >= 0.6 is 0 Å². The zero-order valence-corrected chi connectivity index (χ0v) is 17.9. The summed E-state index contributed by atoms with van der Waals surface area (Å²) in [6.07, 6.45) is 0.811. The molecule has 0 spiro atoms. The van der Waals surface area contributed by atoms with E-state index in [2.05, 4.69) is 4.98 Å². The van der Waals surface area contributed by atoms with Gasteiger partial charge in [0.1, 0.15) is 6.04 Å². The van der Waals surface area contributed by atoms with Crippen molar-refractivity contribution in [3.05, 3.63) is 46.3 Å². The molecule has 6 heteroatoms. The number of methoxy groups -OCH3 is 2. The van der Waals surface area contributed by atoms with Gasteiger partial charge in [-0.15, -0.1) is 0 Å². The first-order valence-corrected chi connectivity index (χ1v) is 9.48. The zero-order chi connectivity index (χ0) is 21.0. The van der Waals surface area contributed by atoms with Crippen LogP contribution in [0, 0.1) is 13.8 Å². The van der Waals surface area contributed by atoms with Crippen molar-refractivity contribution in [2.24, 2.45) is 0 Å². The van der Waals surface area contributed by atoms with Crippen molar-refractivity contribution in [1.82, 2.24) is 4.98 Å². The van der Waals surface area contributed by atoms with Gasteiger partial charge in [0, 0.05) is 17.7 Å². The monoisotopic (exact) mass is 387 g/mol. The third-order valence-corrected chi connectivity index (χ3v) is 5.42. The lowest BCUT2D eigenvalue weighted by Crippen LogP contribution is -3.13. The van der Waals surface area contributed by atoms with Crippen molar-refractivity contribution in [1.29, 1.82) is 0 Å².